The second kappa shape index (κ2) is 12.0. The lowest BCUT2D eigenvalue weighted by atomic mass is 10.1. The molecule has 5 nitrogen and oxygen atoms in total. The van der Waals surface area contributed by atoms with Crippen molar-refractivity contribution < 1.29 is 13.9 Å². The molecule has 0 spiro atoms. The van der Waals surface area contributed by atoms with Crippen LogP contribution in [0.4, 0.5) is 0 Å². The van der Waals surface area contributed by atoms with E-state index in [4.69, 9.17) is 18.9 Å². The third-order valence-corrected chi connectivity index (χ3v) is 12.4. The Balaban J connectivity index is 2.23. The summed E-state index contributed by atoms with van der Waals surface area (Å²) < 4.78 is 19.9. The van der Waals surface area contributed by atoms with Crippen LogP contribution < -0.4 is 0 Å². The molecule has 0 bridgehead atoms. The number of methoxy groups -OCH3 is 2. The van der Waals surface area contributed by atoms with Gasteiger partial charge in [0.15, 0.2) is 8.32 Å². The van der Waals surface area contributed by atoms with E-state index >= 15 is 0 Å². The minimum absolute atomic E-state index is 0.472. The molecule has 0 atom stereocenters. The van der Waals surface area contributed by atoms with Crippen molar-refractivity contribution in [2.45, 2.75) is 84.3 Å². The van der Waals surface area contributed by atoms with Crippen molar-refractivity contribution in [2.24, 2.45) is 0 Å². The molecule has 1 aromatic heterocycles. The first kappa shape index (κ1) is 25.8. The van der Waals surface area contributed by atoms with Gasteiger partial charge in [-0.2, -0.15) is 0 Å². The molecule has 6 heteroatoms. The third kappa shape index (κ3) is 5.86. The molecule has 0 aliphatic heterocycles. The molecule has 0 saturated carbocycles. The molecule has 174 valence electrons. The molecule has 1 aromatic carbocycles. The van der Waals surface area contributed by atoms with Gasteiger partial charge in [0.05, 0.1) is 18.0 Å². The molecule has 0 fully saturated rings. The lowest BCUT2D eigenvalue weighted by molar-refractivity contribution is 0.129. The van der Waals surface area contributed by atoms with Gasteiger partial charge < -0.3 is 18.5 Å². The van der Waals surface area contributed by atoms with E-state index < -0.39 is 8.32 Å². The first-order valence-electron chi connectivity index (χ1n) is 11.5. The van der Waals surface area contributed by atoms with Gasteiger partial charge in [0.25, 0.3) is 0 Å². The van der Waals surface area contributed by atoms with Gasteiger partial charge in [0.2, 0.25) is 0 Å². The predicted octanol–water partition coefficient (Wildman–Crippen LogP) is 6.43. The van der Waals surface area contributed by atoms with Crippen molar-refractivity contribution in [1.82, 2.24) is 9.55 Å². The highest BCUT2D eigenvalue weighted by molar-refractivity contribution is 6.77. The maximum atomic E-state index is 6.75. The van der Waals surface area contributed by atoms with E-state index in [2.05, 4.69) is 70.4 Å². The largest absolute Gasteiger partial charge is 0.416 e. The number of imidazole rings is 1. The Kier molecular flexibility index (Phi) is 9.94. The van der Waals surface area contributed by atoms with Crippen LogP contribution in [0, 0.1) is 0 Å². The summed E-state index contributed by atoms with van der Waals surface area (Å²) in [6.07, 6.45) is 1.80. The van der Waals surface area contributed by atoms with Crippen molar-refractivity contribution in [3.05, 3.63) is 41.9 Å². The molecule has 0 aliphatic carbocycles. The molecule has 0 saturated heterocycles. The van der Waals surface area contributed by atoms with E-state index in [1.165, 1.54) is 0 Å². The monoisotopic (exact) mass is 446 g/mol. The smallest absolute Gasteiger partial charge is 0.200 e. The maximum absolute atomic E-state index is 6.75. The molecule has 0 aliphatic rings. The van der Waals surface area contributed by atoms with Crippen molar-refractivity contribution in [3.8, 4) is 11.3 Å². The lowest BCUT2D eigenvalue weighted by Crippen LogP contribution is -2.48. The zero-order valence-electron chi connectivity index (χ0n) is 20.8. The molecule has 0 unspecified atom stereocenters. The normalized spacial score (nSPS) is 12.5. The highest BCUT2D eigenvalue weighted by atomic mass is 28.4. The van der Waals surface area contributed by atoms with E-state index in [1.54, 1.807) is 14.2 Å². The topological polar surface area (TPSA) is 45.5 Å². The molecular formula is C25H42N2O3Si. The van der Waals surface area contributed by atoms with Crippen molar-refractivity contribution in [2.75, 3.05) is 20.8 Å². The summed E-state index contributed by atoms with van der Waals surface area (Å²) in [6, 6.07) is 10.4. The third-order valence-electron chi connectivity index (χ3n) is 6.31. The minimum atomic E-state index is -1.84. The SMILES string of the molecule is COCc1nc(CCCO[Si](C(C)C)(C(C)C)C(C)C)n(COC)c1-c1ccccc1. The Labute approximate surface area is 190 Å². The van der Waals surface area contributed by atoms with Crippen molar-refractivity contribution >= 4 is 8.32 Å². The van der Waals surface area contributed by atoms with Gasteiger partial charge in [-0.3, -0.25) is 0 Å². The summed E-state index contributed by atoms with van der Waals surface area (Å²) in [5, 5.41) is 0. The summed E-state index contributed by atoms with van der Waals surface area (Å²) in [5.74, 6) is 1.03. The van der Waals surface area contributed by atoms with E-state index in [9.17, 15) is 0 Å². The van der Waals surface area contributed by atoms with Gasteiger partial charge in [0.1, 0.15) is 12.6 Å². The zero-order valence-corrected chi connectivity index (χ0v) is 21.8. The highest BCUT2D eigenvalue weighted by Gasteiger charge is 2.44. The van der Waals surface area contributed by atoms with Gasteiger partial charge in [-0.15, -0.1) is 0 Å². The molecular weight excluding hydrogens is 404 g/mol. The Morgan fingerprint density at radius 1 is 0.903 bits per heavy atom. The van der Waals surface area contributed by atoms with Gasteiger partial charge in [0, 0.05) is 32.8 Å². The Morgan fingerprint density at radius 3 is 2.03 bits per heavy atom. The Bertz CT molecular complexity index is 766. The van der Waals surface area contributed by atoms with Gasteiger partial charge in [-0.05, 0) is 23.0 Å². The van der Waals surface area contributed by atoms with Crippen molar-refractivity contribution in [3.63, 3.8) is 0 Å². The number of hydrogen-bond acceptors (Lipinski definition) is 4. The lowest BCUT2D eigenvalue weighted by Gasteiger charge is -2.42. The Hall–Kier alpha value is -1.47. The molecule has 31 heavy (non-hydrogen) atoms. The van der Waals surface area contributed by atoms with E-state index in [1.807, 2.05) is 6.07 Å². The summed E-state index contributed by atoms with van der Waals surface area (Å²) in [6.45, 7) is 15.7. The number of rotatable bonds is 13. The fraction of sp³-hybridized carbons (Fsp3) is 0.640. The predicted molar refractivity (Wildman–Crippen MR) is 131 cm³/mol. The molecule has 0 N–H and O–H groups in total. The van der Waals surface area contributed by atoms with Crippen LogP contribution in [0.5, 0.6) is 0 Å². The van der Waals surface area contributed by atoms with Gasteiger partial charge in [-0.1, -0.05) is 71.9 Å². The number of nitrogens with zero attached hydrogens (tertiary/aromatic N) is 2. The van der Waals surface area contributed by atoms with Gasteiger partial charge >= 0.3 is 0 Å². The average molecular weight is 447 g/mol. The fourth-order valence-corrected chi connectivity index (χ4v) is 10.6. The first-order valence-corrected chi connectivity index (χ1v) is 13.7. The average Bonchev–Trinajstić information content (AvgIpc) is 3.05. The molecule has 1 heterocycles. The van der Waals surface area contributed by atoms with E-state index in [0.717, 1.165) is 42.2 Å². The van der Waals surface area contributed by atoms with Gasteiger partial charge in [-0.25, -0.2) is 4.98 Å². The first-order chi connectivity index (χ1) is 14.8. The van der Waals surface area contributed by atoms with Crippen LogP contribution in [0.25, 0.3) is 11.3 Å². The fourth-order valence-electron chi connectivity index (χ4n) is 5.15. The number of benzene rings is 1. The molecule has 2 rings (SSSR count). The van der Waals surface area contributed by atoms with Crippen LogP contribution in [-0.2, 0) is 33.7 Å². The Morgan fingerprint density at radius 2 is 1.52 bits per heavy atom. The summed E-state index contributed by atoms with van der Waals surface area (Å²) in [5.41, 5.74) is 4.96. The number of aromatic nitrogens is 2. The van der Waals surface area contributed by atoms with E-state index in [0.29, 0.717) is 30.0 Å². The standard InChI is InChI=1S/C25H42N2O3Si/c1-19(2)31(20(3)4,21(5)6)30-16-12-15-24-26-23(17-28-7)25(27(24)18-29-8)22-13-10-9-11-14-22/h9-11,13-14,19-21H,12,15-18H2,1-8H3. The van der Waals surface area contributed by atoms with Crippen LogP contribution in [-0.4, -0.2) is 38.7 Å². The summed E-state index contributed by atoms with van der Waals surface area (Å²) >= 11 is 0. The van der Waals surface area contributed by atoms with Crippen LogP contribution in [0.15, 0.2) is 30.3 Å². The van der Waals surface area contributed by atoms with Crippen molar-refractivity contribution in [1.29, 1.82) is 0 Å². The molecule has 2 aromatic rings. The molecule has 0 amide bonds. The summed E-state index contributed by atoms with van der Waals surface area (Å²) in [7, 11) is 1.60. The maximum Gasteiger partial charge on any atom is 0.200 e. The zero-order chi connectivity index (χ0) is 23.0. The van der Waals surface area contributed by atoms with Crippen LogP contribution in [0.3, 0.4) is 0 Å². The quantitative estimate of drug-likeness (QED) is 0.263. The second-order valence-electron chi connectivity index (χ2n) is 9.24. The van der Waals surface area contributed by atoms with Crippen LogP contribution in [0.1, 0.15) is 59.5 Å². The van der Waals surface area contributed by atoms with E-state index in [-0.39, 0.29) is 0 Å². The number of ether oxygens (including phenoxy) is 2. The summed E-state index contributed by atoms with van der Waals surface area (Å²) in [4.78, 5) is 4.95. The number of hydrogen-bond donors (Lipinski definition) is 0. The van der Waals surface area contributed by atoms with Crippen LogP contribution >= 0.6 is 0 Å². The molecule has 0 radical (unpaired) electrons. The highest BCUT2D eigenvalue weighted by Crippen LogP contribution is 2.42. The van der Waals surface area contributed by atoms with Crippen LogP contribution in [0.2, 0.25) is 16.6 Å². The number of aryl methyl sites for hydroxylation is 1. The minimum Gasteiger partial charge on any atom is -0.416 e. The second-order valence-corrected chi connectivity index (χ2v) is 14.7.